The number of nitrogens with zero attached hydrogens (tertiary/aromatic N) is 2. The van der Waals surface area contributed by atoms with Crippen LogP contribution in [0.5, 0.6) is 0 Å². The number of hydrogen-bond donors (Lipinski definition) is 1. The van der Waals surface area contributed by atoms with E-state index in [4.69, 9.17) is 0 Å². The number of pyridine rings is 1. The van der Waals surface area contributed by atoms with Gasteiger partial charge in [-0.05, 0) is 25.0 Å². The number of hydrogen-bond acceptors (Lipinski definition) is 3. The van der Waals surface area contributed by atoms with Crippen molar-refractivity contribution in [2.45, 2.75) is 38.8 Å². The number of aromatic nitrogens is 1. The molecular formula is C13H21N3. The summed E-state index contributed by atoms with van der Waals surface area (Å²) in [7, 11) is 0. The van der Waals surface area contributed by atoms with Crippen molar-refractivity contribution in [2.24, 2.45) is 0 Å². The van der Waals surface area contributed by atoms with Gasteiger partial charge in [0.25, 0.3) is 0 Å². The van der Waals surface area contributed by atoms with Crippen LogP contribution in [0.2, 0.25) is 0 Å². The van der Waals surface area contributed by atoms with E-state index in [9.17, 15) is 0 Å². The molecule has 0 amide bonds. The molecule has 3 nitrogen and oxygen atoms in total. The van der Waals surface area contributed by atoms with Crippen molar-refractivity contribution in [2.75, 3.05) is 18.0 Å². The summed E-state index contributed by atoms with van der Waals surface area (Å²) in [6, 6.07) is 5.40. The van der Waals surface area contributed by atoms with Crippen LogP contribution in [0.25, 0.3) is 0 Å². The van der Waals surface area contributed by atoms with Crippen LogP contribution in [0, 0.1) is 0 Å². The van der Waals surface area contributed by atoms with Crippen LogP contribution in [0.4, 0.5) is 5.69 Å². The van der Waals surface area contributed by atoms with Gasteiger partial charge >= 0.3 is 0 Å². The minimum Gasteiger partial charge on any atom is -0.364 e. The molecule has 2 unspecified atom stereocenters. The lowest BCUT2D eigenvalue weighted by atomic mass is 10.0. The summed E-state index contributed by atoms with van der Waals surface area (Å²) in [6.45, 7) is 6.68. The predicted octanol–water partition coefficient (Wildman–Crippen LogP) is 2.05. The van der Waals surface area contributed by atoms with Gasteiger partial charge in [0.05, 0.1) is 11.9 Å². The van der Waals surface area contributed by atoms with Gasteiger partial charge in [-0.1, -0.05) is 13.8 Å². The Labute approximate surface area is 97.9 Å². The monoisotopic (exact) mass is 219 g/mol. The summed E-state index contributed by atoms with van der Waals surface area (Å²) < 4.78 is 0. The zero-order valence-electron chi connectivity index (χ0n) is 10.2. The minimum absolute atomic E-state index is 0.604. The highest BCUT2D eigenvalue weighted by Crippen LogP contribution is 2.20. The van der Waals surface area contributed by atoms with E-state index in [2.05, 4.69) is 35.1 Å². The molecule has 0 bridgehead atoms. The average molecular weight is 219 g/mol. The van der Waals surface area contributed by atoms with E-state index in [1.54, 1.807) is 0 Å². The Morgan fingerprint density at radius 3 is 2.94 bits per heavy atom. The molecule has 2 rings (SSSR count). The number of rotatable bonds is 3. The molecule has 0 aliphatic carbocycles. The molecule has 1 aliphatic rings. The van der Waals surface area contributed by atoms with E-state index in [1.165, 1.54) is 18.5 Å². The fourth-order valence-corrected chi connectivity index (χ4v) is 2.34. The first kappa shape index (κ1) is 11.4. The zero-order valence-corrected chi connectivity index (χ0v) is 10.2. The smallest absolute Gasteiger partial charge is 0.0556 e. The highest BCUT2D eigenvalue weighted by Gasteiger charge is 2.25. The van der Waals surface area contributed by atoms with Crippen molar-refractivity contribution in [1.29, 1.82) is 0 Å². The summed E-state index contributed by atoms with van der Waals surface area (Å²) >= 11 is 0. The topological polar surface area (TPSA) is 28.2 Å². The molecule has 1 aromatic heterocycles. The summed E-state index contributed by atoms with van der Waals surface area (Å²) in [5.41, 5.74) is 1.26. The average Bonchev–Trinajstić information content (AvgIpc) is 2.39. The molecule has 3 heteroatoms. The van der Waals surface area contributed by atoms with Crippen LogP contribution < -0.4 is 10.2 Å². The second kappa shape index (κ2) is 5.30. The summed E-state index contributed by atoms with van der Waals surface area (Å²) in [5, 5.41) is 3.61. The third-order valence-electron chi connectivity index (χ3n) is 3.44. The van der Waals surface area contributed by atoms with Gasteiger partial charge in [-0.25, -0.2) is 0 Å². The van der Waals surface area contributed by atoms with Gasteiger partial charge in [-0.15, -0.1) is 0 Å². The summed E-state index contributed by atoms with van der Waals surface area (Å²) in [4.78, 5) is 6.72. The highest BCUT2D eigenvalue weighted by molar-refractivity contribution is 5.45. The van der Waals surface area contributed by atoms with E-state index in [0.717, 1.165) is 13.1 Å². The Kier molecular flexibility index (Phi) is 3.78. The normalized spacial score (nSPS) is 25.8. The quantitative estimate of drug-likeness (QED) is 0.843. The van der Waals surface area contributed by atoms with E-state index in [0.29, 0.717) is 12.1 Å². The van der Waals surface area contributed by atoms with Gasteiger partial charge in [-0.3, -0.25) is 4.98 Å². The second-order valence-corrected chi connectivity index (χ2v) is 4.44. The molecule has 1 N–H and O–H groups in total. The SMILES string of the molecule is CCC1CN(c2cccnc2)C(CC)CN1. The van der Waals surface area contributed by atoms with Crippen molar-refractivity contribution in [3.05, 3.63) is 24.5 Å². The molecule has 2 atom stereocenters. The lowest BCUT2D eigenvalue weighted by molar-refractivity contribution is 0.378. The molecule has 0 saturated carbocycles. The second-order valence-electron chi connectivity index (χ2n) is 4.44. The van der Waals surface area contributed by atoms with Gasteiger partial charge in [-0.2, -0.15) is 0 Å². The molecule has 88 valence electrons. The number of nitrogens with one attached hydrogen (secondary N) is 1. The predicted molar refractivity (Wildman–Crippen MR) is 67.7 cm³/mol. The van der Waals surface area contributed by atoms with Crippen molar-refractivity contribution in [3.63, 3.8) is 0 Å². The van der Waals surface area contributed by atoms with Gasteiger partial charge in [0.1, 0.15) is 0 Å². The Morgan fingerprint density at radius 2 is 2.31 bits per heavy atom. The third-order valence-corrected chi connectivity index (χ3v) is 3.44. The Morgan fingerprint density at radius 1 is 1.44 bits per heavy atom. The molecule has 16 heavy (non-hydrogen) atoms. The fourth-order valence-electron chi connectivity index (χ4n) is 2.34. The lowest BCUT2D eigenvalue weighted by Gasteiger charge is -2.41. The van der Waals surface area contributed by atoms with Crippen LogP contribution in [0.15, 0.2) is 24.5 Å². The highest BCUT2D eigenvalue weighted by atomic mass is 15.2. The molecule has 1 aliphatic heterocycles. The Hall–Kier alpha value is -1.09. The minimum atomic E-state index is 0.604. The number of anilines is 1. The van der Waals surface area contributed by atoms with Crippen molar-refractivity contribution >= 4 is 5.69 Å². The molecule has 1 fully saturated rings. The van der Waals surface area contributed by atoms with E-state index >= 15 is 0 Å². The molecule has 0 radical (unpaired) electrons. The molecule has 0 spiro atoms. The first-order chi connectivity index (χ1) is 7.85. The maximum absolute atomic E-state index is 4.22. The molecule has 0 aromatic carbocycles. The third kappa shape index (κ3) is 2.35. The van der Waals surface area contributed by atoms with Crippen LogP contribution in [-0.4, -0.2) is 30.2 Å². The summed E-state index contributed by atoms with van der Waals surface area (Å²) in [5.74, 6) is 0. The molecule has 1 aromatic rings. The van der Waals surface area contributed by atoms with Crippen LogP contribution in [-0.2, 0) is 0 Å². The zero-order chi connectivity index (χ0) is 11.4. The first-order valence-corrected chi connectivity index (χ1v) is 6.25. The maximum Gasteiger partial charge on any atom is 0.0556 e. The van der Waals surface area contributed by atoms with Crippen molar-refractivity contribution < 1.29 is 0 Å². The summed E-state index contributed by atoms with van der Waals surface area (Å²) in [6.07, 6.45) is 6.18. The molecule has 1 saturated heterocycles. The van der Waals surface area contributed by atoms with E-state index in [1.807, 2.05) is 18.5 Å². The van der Waals surface area contributed by atoms with Crippen molar-refractivity contribution in [3.8, 4) is 0 Å². The Balaban J connectivity index is 2.15. The largest absolute Gasteiger partial charge is 0.364 e. The van der Waals surface area contributed by atoms with E-state index in [-0.39, 0.29) is 0 Å². The standard InChI is InChI=1S/C13H21N3/c1-3-11-10-16(12(4-2)9-15-11)13-6-5-7-14-8-13/h5-8,11-12,15H,3-4,9-10H2,1-2H3. The van der Waals surface area contributed by atoms with Crippen LogP contribution in [0.1, 0.15) is 26.7 Å². The van der Waals surface area contributed by atoms with Gasteiger partial charge in [0.2, 0.25) is 0 Å². The first-order valence-electron chi connectivity index (χ1n) is 6.25. The van der Waals surface area contributed by atoms with Crippen molar-refractivity contribution in [1.82, 2.24) is 10.3 Å². The van der Waals surface area contributed by atoms with Crippen LogP contribution >= 0.6 is 0 Å². The molecule has 2 heterocycles. The van der Waals surface area contributed by atoms with Crippen LogP contribution in [0.3, 0.4) is 0 Å². The lowest BCUT2D eigenvalue weighted by Crippen LogP contribution is -2.56. The fraction of sp³-hybridized carbons (Fsp3) is 0.615. The van der Waals surface area contributed by atoms with Gasteiger partial charge < -0.3 is 10.2 Å². The van der Waals surface area contributed by atoms with Gasteiger partial charge in [0.15, 0.2) is 0 Å². The maximum atomic E-state index is 4.22. The van der Waals surface area contributed by atoms with E-state index < -0.39 is 0 Å². The van der Waals surface area contributed by atoms with Gasteiger partial charge in [0, 0.05) is 31.4 Å². The number of piperazine rings is 1. The molecular weight excluding hydrogens is 198 g/mol. The Bertz CT molecular complexity index is 312.